The van der Waals surface area contributed by atoms with Crippen molar-refractivity contribution in [1.29, 1.82) is 0 Å². The molecule has 0 bridgehead atoms. The second kappa shape index (κ2) is 7.51. The van der Waals surface area contributed by atoms with Crippen LogP contribution in [0.1, 0.15) is 5.56 Å². The Morgan fingerprint density at radius 1 is 1.46 bits per heavy atom. The number of nitrogens with zero attached hydrogens (tertiary/aromatic N) is 1. The topological polar surface area (TPSA) is 83.6 Å². The Kier molecular flexibility index (Phi) is 5.52. The van der Waals surface area contributed by atoms with Crippen LogP contribution in [0.5, 0.6) is 0 Å². The van der Waals surface area contributed by atoms with Gasteiger partial charge in [-0.1, -0.05) is 47.7 Å². The summed E-state index contributed by atoms with van der Waals surface area (Å²) >= 11 is 12.2. The molecule has 2 amide bonds. The zero-order valence-electron chi connectivity index (χ0n) is 13.2. The van der Waals surface area contributed by atoms with Gasteiger partial charge in [-0.05, 0) is 29.8 Å². The number of sulfone groups is 1. The van der Waals surface area contributed by atoms with Crippen molar-refractivity contribution in [1.82, 2.24) is 10.2 Å². The molecule has 1 aromatic carbocycles. The number of rotatable bonds is 4. The molecule has 2 aliphatic heterocycles. The number of benzene rings is 1. The fraction of sp³-hybridized carbons (Fsp3) is 0.188. The number of nitrogens with one attached hydrogen (secondary N) is 1. The van der Waals surface area contributed by atoms with Gasteiger partial charge in [0.1, 0.15) is 10.9 Å². The molecule has 0 unspecified atom stereocenters. The molecule has 2 aliphatic rings. The minimum atomic E-state index is -3.26. The van der Waals surface area contributed by atoms with Gasteiger partial charge in [-0.25, -0.2) is 8.42 Å². The summed E-state index contributed by atoms with van der Waals surface area (Å²) in [6, 6.07) is 6.43. The smallest absolute Gasteiger partial charge is 0.266 e. The predicted molar refractivity (Wildman–Crippen MR) is 106 cm³/mol. The van der Waals surface area contributed by atoms with Crippen molar-refractivity contribution < 1.29 is 18.0 Å². The van der Waals surface area contributed by atoms with Crippen LogP contribution in [-0.4, -0.2) is 47.8 Å². The lowest BCUT2D eigenvalue weighted by Gasteiger charge is -2.16. The molecule has 0 radical (unpaired) electrons. The summed E-state index contributed by atoms with van der Waals surface area (Å²) in [5.74, 6) is -1.02. The minimum Gasteiger partial charge on any atom is -0.347 e. The first-order valence-corrected chi connectivity index (χ1v) is 10.8. The molecule has 136 valence electrons. The molecule has 2 heterocycles. The molecule has 0 aliphatic carbocycles. The Balaban J connectivity index is 1.66. The van der Waals surface area contributed by atoms with Crippen molar-refractivity contribution in [2.75, 3.05) is 12.3 Å². The van der Waals surface area contributed by atoms with Gasteiger partial charge < -0.3 is 5.32 Å². The van der Waals surface area contributed by atoms with Gasteiger partial charge in [0.2, 0.25) is 5.91 Å². The highest BCUT2D eigenvalue weighted by atomic mass is 35.5. The standard InChI is InChI=1S/C16H13ClN2O4S3/c17-11-3-1-2-10(6-11)7-13-15(21)19(16(24)25-13)8-14(20)18-12-4-5-26(22,23)9-12/h1-7,12H,8-9H2,(H,18,20)/b13-7+/t12-/m0/s1. The summed E-state index contributed by atoms with van der Waals surface area (Å²) < 4.78 is 23.0. The molecule has 1 fully saturated rings. The maximum Gasteiger partial charge on any atom is 0.266 e. The lowest BCUT2D eigenvalue weighted by atomic mass is 10.2. The van der Waals surface area contributed by atoms with E-state index in [1.54, 1.807) is 30.3 Å². The Labute approximate surface area is 165 Å². The third kappa shape index (κ3) is 4.53. The first kappa shape index (κ1) is 19.1. The molecule has 0 saturated carbocycles. The van der Waals surface area contributed by atoms with E-state index in [0.29, 0.717) is 9.93 Å². The fourth-order valence-electron chi connectivity index (χ4n) is 2.45. The average Bonchev–Trinajstić information content (AvgIpc) is 3.01. The fourth-order valence-corrected chi connectivity index (χ4v) is 5.13. The summed E-state index contributed by atoms with van der Waals surface area (Å²) in [5, 5.41) is 4.19. The van der Waals surface area contributed by atoms with Crippen LogP contribution in [0, 0.1) is 0 Å². The van der Waals surface area contributed by atoms with E-state index in [0.717, 1.165) is 22.7 Å². The third-order valence-electron chi connectivity index (χ3n) is 3.60. The quantitative estimate of drug-likeness (QED) is 0.583. The highest BCUT2D eigenvalue weighted by molar-refractivity contribution is 8.26. The number of halogens is 1. The number of thiocarbonyl (C=S) groups is 1. The lowest BCUT2D eigenvalue weighted by molar-refractivity contribution is -0.128. The molecule has 26 heavy (non-hydrogen) atoms. The minimum absolute atomic E-state index is 0.175. The monoisotopic (exact) mass is 428 g/mol. The van der Waals surface area contributed by atoms with E-state index in [-0.39, 0.29) is 22.5 Å². The molecular formula is C16H13ClN2O4S3. The maximum absolute atomic E-state index is 12.5. The SMILES string of the molecule is O=C(CN1C(=O)/C(=C\c2cccc(Cl)c2)SC1=S)N[C@H]1C=CS(=O)(=O)C1. The second-order valence-electron chi connectivity index (χ2n) is 5.65. The van der Waals surface area contributed by atoms with Gasteiger partial charge in [-0.2, -0.15) is 0 Å². The average molecular weight is 429 g/mol. The summed E-state index contributed by atoms with van der Waals surface area (Å²) in [4.78, 5) is 26.2. The van der Waals surface area contributed by atoms with Gasteiger partial charge in [0.15, 0.2) is 9.84 Å². The summed E-state index contributed by atoms with van der Waals surface area (Å²) in [6.45, 7) is -0.262. The number of hydrogen-bond acceptors (Lipinski definition) is 6. The molecule has 1 N–H and O–H groups in total. The Morgan fingerprint density at radius 2 is 2.23 bits per heavy atom. The van der Waals surface area contributed by atoms with Crippen molar-refractivity contribution in [2.45, 2.75) is 6.04 Å². The predicted octanol–water partition coefficient (Wildman–Crippen LogP) is 1.97. The van der Waals surface area contributed by atoms with Crippen LogP contribution >= 0.6 is 35.6 Å². The first-order valence-electron chi connectivity index (χ1n) is 7.45. The molecular weight excluding hydrogens is 416 g/mol. The van der Waals surface area contributed by atoms with Crippen LogP contribution in [0.15, 0.2) is 40.7 Å². The normalized spacial score (nSPS) is 23.0. The van der Waals surface area contributed by atoms with Gasteiger partial charge in [0.05, 0.1) is 16.7 Å². The van der Waals surface area contributed by atoms with E-state index in [1.807, 2.05) is 0 Å². The van der Waals surface area contributed by atoms with E-state index < -0.39 is 21.8 Å². The molecule has 1 aromatic rings. The zero-order chi connectivity index (χ0) is 18.9. The number of hydrogen-bond donors (Lipinski definition) is 1. The number of thioether (sulfide) groups is 1. The van der Waals surface area contributed by atoms with E-state index in [4.69, 9.17) is 23.8 Å². The number of carbonyl (C=O) groups is 2. The number of amides is 2. The van der Waals surface area contributed by atoms with Gasteiger partial charge in [0, 0.05) is 10.4 Å². The van der Waals surface area contributed by atoms with Crippen molar-refractivity contribution in [3.63, 3.8) is 0 Å². The Morgan fingerprint density at radius 3 is 2.88 bits per heavy atom. The molecule has 10 heteroatoms. The highest BCUT2D eigenvalue weighted by Crippen LogP contribution is 2.32. The lowest BCUT2D eigenvalue weighted by Crippen LogP contribution is -2.43. The van der Waals surface area contributed by atoms with E-state index >= 15 is 0 Å². The molecule has 6 nitrogen and oxygen atoms in total. The molecule has 0 spiro atoms. The van der Waals surface area contributed by atoms with Crippen LogP contribution in [0.2, 0.25) is 5.02 Å². The largest absolute Gasteiger partial charge is 0.347 e. The van der Waals surface area contributed by atoms with Gasteiger partial charge in [0.25, 0.3) is 5.91 Å². The van der Waals surface area contributed by atoms with Gasteiger partial charge >= 0.3 is 0 Å². The summed E-state index contributed by atoms with van der Waals surface area (Å²) in [7, 11) is -3.26. The van der Waals surface area contributed by atoms with Gasteiger partial charge in [-0.15, -0.1) is 0 Å². The van der Waals surface area contributed by atoms with Crippen LogP contribution < -0.4 is 5.32 Å². The van der Waals surface area contributed by atoms with Crippen molar-refractivity contribution in [3.8, 4) is 0 Å². The molecule has 3 rings (SSSR count). The third-order valence-corrected chi connectivity index (χ3v) is 6.61. The van der Waals surface area contributed by atoms with Crippen LogP contribution in [0.3, 0.4) is 0 Å². The van der Waals surface area contributed by atoms with E-state index in [1.165, 1.54) is 11.0 Å². The van der Waals surface area contributed by atoms with Gasteiger partial charge in [-0.3, -0.25) is 14.5 Å². The van der Waals surface area contributed by atoms with Crippen molar-refractivity contribution >= 4 is 67.6 Å². The van der Waals surface area contributed by atoms with Crippen LogP contribution in [0.4, 0.5) is 0 Å². The maximum atomic E-state index is 12.5. The Bertz CT molecular complexity index is 956. The van der Waals surface area contributed by atoms with Crippen LogP contribution in [-0.2, 0) is 19.4 Å². The highest BCUT2D eigenvalue weighted by Gasteiger charge is 2.34. The van der Waals surface area contributed by atoms with Crippen molar-refractivity contribution in [3.05, 3.63) is 51.2 Å². The zero-order valence-corrected chi connectivity index (χ0v) is 16.4. The van der Waals surface area contributed by atoms with Crippen molar-refractivity contribution in [2.24, 2.45) is 0 Å². The molecule has 1 atom stereocenters. The van der Waals surface area contributed by atoms with E-state index in [9.17, 15) is 18.0 Å². The Hall–Kier alpha value is -1.68. The summed E-state index contributed by atoms with van der Waals surface area (Å²) in [5.41, 5.74) is 0.753. The van der Waals surface area contributed by atoms with E-state index in [2.05, 4.69) is 5.32 Å². The molecule has 1 saturated heterocycles. The second-order valence-corrected chi connectivity index (χ2v) is 9.70. The number of carbonyl (C=O) groups excluding carboxylic acids is 2. The summed E-state index contributed by atoms with van der Waals surface area (Å²) in [6.07, 6.45) is 3.08. The molecule has 0 aromatic heterocycles. The first-order chi connectivity index (χ1) is 12.2. The van der Waals surface area contributed by atoms with Crippen LogP contribution in [0.25, 0.3) is 6.08 Å².